The van der Waals surface area contributed by atoms with Gasteiger partial charge in [-0.1, -0.05) is 24.3 Å². The predicted octanol–water partition coefficient (Wildman–Crippen LogP) is 3.27. The topological polar surface area (TPSA) is 71.1 Å². The van der Waals surface area contributed by atoms with Gasteiger partial charge in [-0.2, -0.15) is 0 Å². The zero-order chi connectivity index (χ0) is 23.6. The van der Waals surface area contributed by atoms with Gasteiger partial charge in [0.15, 0.2) is 11.6 Å². The summed E-state index contributed by atoms with van der Waals surface area (Å²) in [4.78, 5) is 24.4. The summed E-state index contributed by atoms with van der Waals surface area (Å²) in [6.07, 6.45) is 13.3. The van der Waals surface area contributed by atoms with E-state index in [9.17, 15) is 9.59 Å². The number of carbonyl (C=O) groups excluding carboxylic acids is 2. The number of hydrogen-bond donors (Lipinski definition) is 0. The van der Waals surface area contributed by atoms with Crippen LogP contribution in [0.3, 0.4) is 0 Å². The van der Waals surface area contributed by atoms with Gasteiger partial charge in [0.25, 0.3) is 0 Å². The number of ketones is 2. The molecule has 0 saturated heterocycles. The Morgan fingerprint density at radius 3 is 0.971 bits per heavy atom. The molecule has 0 aromatic carbocycles. The van der Waals surface area contributed by atoms with Crippen LogP contribution in [-0.2, 0) is 28.5 Å². The Hall–Kier alpha value is -1.34. The number of hydrogen-bond acceptors (Lipinski definition) is 6. The van der Waals surface area contributed by atoms with E-state index >= 15 is 0 Å². The molecule has 0 amide bonds. The van der Waals surface area contributed by atoms with Crippen LogP contribution in [0.15, 0.2) is 24.3 Å². The number of ether oxygens (including phenoxy) is 4. The summed E-state index contributed by atoms with van der Waals surface area (Å²) < 4.78 is 22.9. The van der Waals surface area contributed by atoms with Crippen molar-refractivity contribution in [3.63, 3.8) is 0 Å². The van der Waals surface area contributed by atoms with E-state index in [2.05, 4.69) is 24.3 Å². The quantitative estimate of drug-likeness (QED) is 0.358. The highest BCUT2D eigenvalue weighted by Crippen LogP contribution is 2.69. The van der Waals surface area contributed by atoms with Crippen LogP contribution < -0.4 is 0 Å². The molecule has 8 rings (SSSR count). The maximum atomic E-state index is 12.2. The molecule has 0 aliphatic heterocycles. The minimum atomic E-state index is -0.475. The first-order valence-corrected chi connectivity index (χ1v) is 13.1. The van der Waals surface area contributed by atoms with E-state index in [1.165, 1.54) is 0 Å². The molecule has 34 heavy (non-hydrogen) atoms. The van der Waals surface area contributed by atoms with Crippen LogP contribution in [0.1, 0.15) is 25.7 Å². The lowest BCUT2D eigenvalue weighted by atomic mass is 9.73. The van der Waals surface area contributed by atoms with Crippen LogP contribution in [0.25, 0.3) is 0 Å². The van der Waals surface area contributed by atoms with E-state index in [0.29, 0.717) is 35.2 Å². The molecule has 8 aliphatic rings. The summed E-state index contributed by atoms with van der Waals surface area (Å²) in [5, 5.41) is 0. The van der Waals surface area contributed by atoms with Crippen molar-refractivity contribution in [3.8, 4) is 0 Å². The van der Waals surface area contributed by atoms with Gasteiger partial charge in [-0.05, 0) is 49.4 Å². The van der Waals surface area contributed by atoms with Crippen molar-refractivity contribution in [2.45, 2.75) is 37.3 Å². The van der Waals surface area contributed by atoms with Crippen molar-refractivity contribution in [2.75, 3.05) is 28.4 Å². The molecular weight excluding hydrogens is 432 g/mol. The highest BCUT2D eigenvalue weighted by atomic mass is 16.7. The molecule has 6 fully saturated rings. The van der Waals surface area contributed by atoms with Crippen LogP contribution in [0.2, 0.25) is 0 Å². The molecule has 184 valence electrons. The molecule has 0 heterocycles. The Morgan fingerprint density at radius 1 is 0.529 bits per heavy atom. The van der Waals surface area contributed by atoms with Crippen molar-refractivity contribution in [2.24, 2.45) is 71.0 Å². The van der Waals surface area contributed by atoms with E-state index in [4.69, 9.17) is 18.9 Å². The van der Waals surface area contributed by atoms with E-state index in [1.54, 1.807) is 28.4 Å². The fraction of sp³-hybridized carbons (Fsp3) is 0.786. The van der Waals surface area contributed by atoms with Gasteiger partial charge in [0.2, 0.25) is 0 Å². The van der Waals surface area contributed by atoms with Crippen LogP contribution in [0.5, 0.6) is 0 Å². The molecule has 6 heteroatoms. The van der Waals surface area contributed by atoms with Gasteiger partial charge in [0.1, 0.15) is 11.6 Å². The molecule has 12 atom stereocenters. The normalized spacial score (nSPS) is 52.5. The molecule has 0 N–H and O–H groups in total. The zero-order valence-corrected chi connectivity index (χ0v) is 20.5. The Labute approximate surface area is 201 Å². The van der Waals surface area contributed by atoms with Gasteiger partial charge in [-0.25, -0.2) is 0 Å². The predicted molar refractivity (Wildman–Crippen MR) is 122 cm³/mol. The third kappa shape index (κ3) is 2.20. The van der Waals surface area contributed by atoms with Crippen LogP contribution in [0.4, 0.5) is 0 Å². The molecule has 0 radical (unpaired) electrons. The standard InChI is InChI=1S/2C14H18O3/c2*1-16-14(17-2)9-5-6-10(14)12-8-4-3-7(11(9)12)13(8)15/h2*5-12H,3-4H2,1-2H3/t2*7-,8+,9-,10+,11+,12-. The zero-order valence-electron chi connectivity index (χ0n) is 20.5. The van der Waals surface area contributed by atoms with E-state index in [-0.39, 0.29) is 47.3 Å². The maximum absolute atomic E-state index is 12.2. The SMILES string of the molecule is COC1(OC)[C@@H]2C=C[C@H]1[C@@H]1[C@H]2[C@H]2CC[C@@H]1C2=O.COC1(OC)[C@@H]2C=C[C@H]1[C@@H]1[C@H]2[C@H]2CC[C@@H]1C2=O. The Kier molecular flexibility index (Phi) is 4.59. The Balaban J connectivity index is 0.000000118. The number of rotatable bonds is 4. The second-order valence-electron chi connectivity index (χ2n) is 11.8. The van der Waals surface area contributed by atoms with E-state index < -0.39 is 11.6 Å². The van der Waals surface area contributed by atoms with Crippen molar-refractivity contribution >= 4 is 11.6 Å². The third-order valence-corrected chi connectivity index (χ3v) is 11.6. The van der Waals surface area contributed by atoms with Crippen molar-refractivity contribution in [1.29, 1.82) is 0 Å². The fourth-order valence-corrected chi connectivity index (χ4v) is 10.7. The van der Waals surface area contributed by atoms with Gasteiger partial charge in [0.05, 0.1) is 0 Å². The lowest BCUT2D eigenvalue weighted by Gasteiger charge is -2.33. The van der Waals surface area contributed by atoms with Crippen LogP contribution in [-0.4, -0.2) is 51.6 Å². The van der Waals surface area contributed by atoms with Gasteiger partial charge in [-0.15, -0.1) is 0 Å². The third-order valence-electron chi connectivity index (χ3n) is 11.6. The molecule has 8 aliphatic carbocycles. The molecule has 6 nitrogen and oxygen atoms in total. The highest BCUT2D eigenvalue weighted by molar-refractivity contribution is 5.89. The minimum Gasteiger partial charge on any atom is -0.352 e. The first-order valence-electron chi connectivity index (χ1n) is 13.1. The van der Waals surface area contributed by atoms with Gasteiger partial charge >= 0.3 is 0 Å². The lowest BCUT2D eigenvalue weighted by molar-refractivity contribution is -0.236. The molecule has 0 spiro atoms. The highest BCUT2D eigenvalue weighted by Gasteiger charge is 2.73. The Bertz CT molecular complexity index is 833. The average molecular weight is 469 g/mol. The van der Waals surface area contributed by atoms with Gasteiger partial charge in [-0.3, -0.25) is 9.59 Å². The summed E-state index contributed by atoms with van der Waals surface area (Å²) in [7, 11) is 6.95. The second-order valence-corrected chi connectivity index (χ2v) is 11.8. The smallest absolute Gasteiger partial charge is 0.180 e. The van der Waals surface area contributed by atoms with Crippen LogP contribution in [0, 0.1) is 71.0 Å². The molecular formula is C28H36O6. The summed E-state index contributed by atoms with van der Waals surface area (Å²) in [5.74, 6) is 4.32. The maximum Gasteiger partial charge on any atom is 0.180 e. The number of methoxy groups -OCH3 is 4. The molecule has 8 bridgehead atoms. The molecule has 6 saturated carbocycles. The van der Waals surface area contributed by atoms with Crippen molar-refractivity contribution in [1.82, 2.24) is 0 Å². The summed E-state index contributed by atoms with van der Waals surface area (Å²) in [6.45, 7) is 0. The summed E-state index contributed by atoms with van der Waals surface area (Å²) in [6, 6.07) is 0. The van der Waals surface area contributed by atoms with E-state index in [0.717, 1.165) is 25.7 Å². The van der Waals surface area contributed by atoms with Gasteiger partial charge < -0.3 is 18.9 Å². The van der Waals surface area contributed by atoms with E-state index in [1.807, 2.05) is 0 Å². The number of Topliss-reactive ketones (excluding diaryl/α,β-unsaturated/α-hetero) is 2. The van der Waals surface area contributed by atoms with Crippen molar-refractivity contribution < 1.29 is 28.5 Å². The number of fused-ring (bicyclic) bond motifs is 18. The first kappa shape index (κ1) is 21.9. The summed E-state index contributed by atoms with van der Waals surface area (Å²) in [5.41, 5.74) is 0. The average Bonchev–Trinajstić information content (AvgIpc) is 3.74. The minimum absolute atomic E-state index is 0.284. The monoisotopic (exact) mass is 468 g/mol. The van der Waals surface area contributed by atoms with Crippen LogP contribution >= 0.6 is 0 Å². The largest absolute Gasteiger partial charge is 0.352 e. The molecule has 0 aromatic rings. The lowest BCUT2D eigenvalue weighted by Crippen LogP contribution is -2.42. The molecule has 0 unspecified atom stereocenters. The fourth-order valence-electron chi connectivity index (χ4n) is 10.7. The van der Waals surface area contributed by atoms with Gasteiger partial charge in [0, 0.05) is 75.8 Å². The second kappa shape index (κ2) is 7.12. The summed E-state index contributed by atoms with van der Waals surface area (Å²) >= 11 is 0. The Morgan fingerprint density at radius 2 is 0.765 bits per heavy atom. The molecule has 0 aromatic heterocycles. The van der Waals surface area contributed by atoms with Crippen molar-refractivity contribution in [3.05, 3.63) is 24.3 Å². The number of carbonyl (C=O) groups is 2. The first-order chi connectivity index (χ1) is 16.5.